The van der Waals surface area contributed by atoms with Crippen LogP contribution in [0.15, 0.2) is 61.2 Å². The molecule has 1 aliphatic rings. The number of alkyl carbamates (subject to hydrolysis) is 1. The molecule has 0 unspecified atom stereocenters. The van der Waals surface area contributed by atoms with E-state index in [1.807, 2.05) is 36.4 Å². The standard InChI is InChI=1S/C30H40N2O6Si/c1-8-17-36-26(33)18-31-28(34)27(20(2)38-39(6,7)30(3,4)5)32-29(35)37-19-25-23-15-11-9-13-21(23)22-14-10-12-16-24(22)25/h8-16,20,25,27H,1,17-19H2,2-7H3,(H,31,34)(H,32,35)/t20-,27+/m1/s1. The lowest BCUT2D eigenvalue weighted by molar-refractivity contribution is -0.143. The molecule has 0 bridgehead atoms. The summed E-state index contributed by atoms with van der Waals surface area (Å²) < 4.78 is 17.0. The van der Waals surface area contributed by atoms with Crippen molar-refractivity contribution in [1.82, 2.24) is 10.6 Å². The van der Waals surface area contributed by atoms with Gasteiger partial charge in [0.1, 0.15) is 25.8 Å². The highest BCUT2D eigenvalue weighted by Crippen LogP contribution is 2.44. The lowest BCUT2D eigenvalue weighted by Crippen LogP contribution is -2.57. The number of ether oxygens (including phenoxy) is 2. The molecular formula is C30H40N2O6Si. The zero-order chi connectivity index (χ0) is 28.8. The minimum absolute atomic E-state index is 0.0427. The van der Waals surface area contributed by atoms with Gasteiger partial charge in [0.15, 0.2) is 8.32 Å². The first-order chi connectivity index (χ1) is 18.4. The van der Waals surface area contributed by atoms with Gasteiger partial charge in [-0.15, -0.1) is 0 Å². The molecule has 2 aromatic carbocycles. The first-order valence-corrected chi connectivity index (χ1v) is 16.1. The third-order valence-electron chi connectivity index (χ3n) is 7.42. The Kier molecular flexibility index (Phi) is 9.74. The summed E-state index contributed by atoms with van der Waals surface area (Å²) >= 11 is 0. The van der Waals surface area contributed by atoms with Gasteiger partial charge in [0.2, 0.25) is 5.91 Å². The van der Waals surface area contributed by atoms with Crippen LogP contribution in [0.4, 0.5) is 4.79 Å². The summed E-state index contributed by atoms with van der Waals surface area (Å²) in [7, 11) is -2.28. The van der Waals surface area contributed by atoms with Crippen LogP contribution in [0.1, 0.15) is 44.7 Å². The second-order valence-corrected chi connectivity index (χ2v) is 16.0. The van der Waals surface area contributed by atoms with Gasteiger partial charge in [-0.05, 0) is 47.3 Å². The molecule has 0 saturated heterocycles. The van der Waals surface area contributed by atoms with E-state index in [1.54, 1.807) is 6.92 Å². The molecule has 0 aliphatic heterocycles. The average Bonchev–Trinajstić information content (AvgIpc) is 3.20. The molecule has 2 aromatic rings. The lowest BCUT2D eigenvalue weighted by Gasteiger charge is -2.40. The summed E-state index contributed by atoms with van der Waals surface area (Å²) in [5, 5.41) is 5.12. The monoisotopic (exact) mass is 552 g/mol. The number of esters is 1. The summed E-state index contributed by atoms with van der Waals surface area (Å²) in [5.74, 6) is -1.29. The minimum atomic E-state index is -2.28. The van der Waals surface area contributed by atoms with E-state index in [0.717, 1.165) is 22.3 Å². The van der Waals surface area contributed by atoms with Gasteiger partial charge < -0.3 is 24.5 Å². The van der Waals surface area contributed by atoms with E-state index in [1.165, 1.54) is 6.08 Å². The van der Waals surface area contributed by atoms with E-state index in [2.05, 4.69) is 63.2 Å². The maximum Gasteiger partial charge on any atom is 0.407 e. The predicted molar refractivity (Wildman–Crippen MR) is 154 cm³/mol. The number of rotatable bonds is 11. The van der Waals surface area contributed by atoms with Gasteiger partial charge in [0, 0.05) is 5.92 Å². The van der Waals surface area contributed by atoms with Crippen molar-refractivity contribution in [1.29, 1.82) is 0 Å². The van der Waals surface area contributed by atoms with Crippen LogP contribution in [0.25, 0.3) is 11.1 Å². The molecule has 1 aliphatic carbocycles. The van der Waals surface area contributed by atoms with Crippen LogP contribution < -0.4 is 10.6 Å². The number of nitrogens with one attached hydrogen (secondary N) is 2. The molecule has 0 radical (unpaired) electrons. The minimum Gasteiger partial charge on any atom is -0.460 e. The second kappa shape index (κ2) is 12.6. The number of carbonyl (C=O) groups is 3. The van der Waals surface area contributed by atoms with E-state index in [9.17, 15) is 14.4 Å². The van der Waals surface area contributed by atoms with Gasteiger partial charge in [-0.2, -0.15) is 0 Å². The Morgan fingerprint density at radius 3 is 2.10 bits per heavy atom. The Morgan fingerprint density at radius 1 is 1.00 bits per heavy atom. The SMILES string of the molecule is C=CCOC(=O)CNC(=O)[C@@H](NC(=O)OCC1c2ccccc2-c2ccccc21)[C@@H](C)O[Si](C)(C)C(C)(C)C. The Morgan fingerprint density at radius 2 is 1.56 bits per heavy atom. The summed E-state index contributed by atoms with van der Waals surface area (Å²) in [6, 6.07) is 15.1. The van der Waals surface area contributed by atoms with Crippen LogP contribution in [0.5, 0.6) is 0 Å². The van der Waals surface area contributed by atoms with Crippen molar-refractivity contribution in [3.8, 4) is 11.1 Å². The molecular weight excluding hydrogens is 512 g/mol. The molecule has 0 fully saturated rings. The number of carbonyl (C=O) groups excluding carboxylic acids is 3. The highest BCUT2D eigenvalue weighted by Gasteiger charge is 2.41. The third-order valence-corrected chi connectivity index (χ3v) is 12.0. The van der Waals surface area contributed by atoms with Gasteiger partial charge in [-0.3, -0.25) is 9.59 Å². The molecule has 0 aromatic heterocycles. The zero-order valence-electron chi connectivity index (χ0n) is 23.7. The van der Waals surface area contributed by atoms with E-state index in [-0.39, 0.29) is 30.7 Å². The molecule has 9 heteroatoms. The van der Waals surface area contributed by atoms with Crippen molar-refractivity contribution in [2.24, 2.45) is 0 Å². The summed E-state index contributed by atoms with van der Waals surface area (Å²) in [4.78, 5) is 38.1. The number of benzene rings is 2. The number of hydrogen-bond donors (Lipinski definition) is 2. The van der Waals surface area contributed by atoms with Crippen LogP contribution in [0.2, 0.25) is 18.1 Å². The first kappa shape index (κ1) is 30.1. The van der Waals surface area contributed by atoms with Gasteiger partial charge in [0.05, 0.1) is 6.10 Å². The largest absolute Gasteiger partial charge is 0.460 e. The molecule has 2 amide bonds. The van der Waals surface area contributed by atoms with Crippen molar-refractivity contribution < 1.29 is 28.3 Å². The molecule has 0 saturated carbocycles. The maximum absolute atomic E-state index is 13.1. The molecule has 2 atom stereocenters. The number of hydrogen-bond acceptors (Lipinski definition) is 6. The Balaban J connectivity index is 1.72. The van der Waals surface area contributed by atoms with Crippen LogP contribution in [-0.4, -0.2) is 58.2 Å². The van der Waals surface area contributed by atoms with Crippen LogP contribution in [-0.2, 0) is 23.5 Å². The fraction of sp³-hybridized carbons (Fsp3) is 0.433. The van der Waals surface area contributed by atoms with Crippen molar-refractivity contribution in [2.45, 2.75) is 63.9 Å². The summed E-state index contributed by atoms with van der Waals surface area (Å²) in [6.45, 7) is 15.5. The van der Waals surface area contributed by atoms with Gasteiger partial charge in [-0.25, -0.2) is 4.79 Å². The van der Waals surface area contributed by atoms with Crippen LogP contribution in [0.3, 0.4) is 0 Å². The molecule has 0 spiro atoms. The Labute approximate surface area is 232 Å². The second-order valence-electron chi connectivity index (χ2n) is 11.2. The molecule has 8 nitrogen and oxygen atoms in total. The molecule has 210 valence electrons. The molecule has 2 N–H and O–H groups in total. The number of fused-ring (bicyclic) bond motifs is 3. The van der Waals surface area contributed by atoms with E-state index < -0.39 is 38.4 Å². The average molecular weight is 553 g/mol. The third kappa shape index (κ3) is 7.36. The van der Waals surface area contributed by atoms with E-state index in [4.69, 9.17) is 13.9 Å². The molecule has 3 rings (SSSR count). The Hall–Kier alpha value is -3.43. The Bertz CT molecular complexity index is 1160. The van der Waals surface area contributed by atoms with Crippen molar-refractivity contribution in [3.05, 3.63) is 72.3 Å². The maximum atomic E-state index is 13.1. The normalized spacial score (nSPS) is 14.4. The topological polar surface area (TPSA) is 103 Å². The summed E-state index contributed by atoms with van der Waals surface area (Å²) in [6.07, 6.45) is 0.0311. The molecule has 39 heavy (non-hydrogen) atoms. The number of amides is 2. The van der Waals surface area contributed by atoms with Crippen molar-refractivity contribution >= 4 is 26.3 Å². The molecule has 0 heterocycles. The van der Waals surface area contributed by atoms with Crippen molar-refractivity contribution in [2.75, 3.05) is 19.8 Å². The highest BCUT2D eigenvalue weighted by atomic mass is 28.4. The van der Waals surface area contributed by atoms with Gasteiger partial charge >= 0.3 is 12.1 Å². The fourth-order valence-corrected chi connectivity index (χ4v) is 5.76. The van der Waals surface area contributed by atoms with Crippen LogP contribution in [0, 0.1) is 0 Å². The van der Waals surface area contributed by atoms with Gasteiger partial charge in [-0.1, -0.05) is 82.0 Å². The van der Waals surface area contributed by atoms with Gasteiger partial charge in [0.25, 0.3) is 0 Å². The smallest absolute Gasteiger partial charge is 0.407 e. The first-order valence-electron chi connectivity index (χ1n) is 13.2. The van der Waals surface area contributed by atoms with Crippen molar-refractivity contribution in [3.63, 3.8) is 0 Å². The fourth-order valence-electron chi connectivity index (χ4n) is 4.34. The van der Waals surface area contributed by atoms with E-state index in [0.29, 0.717) is 0 Å². The summed E-state index contributed by atoms with van der Waals surface area (Å²) in [5.41, 5.74) is 4.43. The van der Waals surface area contributed by atoms with E-state index >= 15 is 0 Å². The predicted octanol–water partition coefficient (Wildman–Crippen LogP) is 5.15. The quantitative estimate of drug-likeness (QED) is 0.227. The zero-order valence-corrected chi connectivity index (χ0v) is 24.7. The highest BCUT2D eigenvalue weighted by molar-refractivity contribution is 6.74. The van der Waals surface area contributed by atoms with Crippen LogP contribution >= 0.6 is 0 Å². The lowest BCUT2D eigenvalue weighted by atomic mass is 9.98.